The van der Waals surface area contributed by atoms with E-state index < -0.39 is 5.67 Å². The molecule has 0 spiro atoms. The number of alkyl halides is 1. The van der Waals surface area contributed by atoms with Crippen LogP contribution in [0.2, 0.25) is 0 Å². The minimum absolute atomic E-state index is 0.116. The third-order valence-corrected chi connectivity index (χ3v) is 5.80. The van der Waals surface area contributed by atoms with Crippen LogP contribution in [-0.4, -0.2) is 57.7 Å². The zero-order chi connectivity index (χ0) is 19.4. The number of ether oxygens (including phenoxy) is 1. The van der Waals surface area contributed by atoms with Gasteiger partial charge in [0.05, 0.1) is 11.3 Å². The zero-order valence-corrected chi connectivity index (χ0v) is 15.9. The molecule has 2 fully saturated rings. The van der Waals surface area contributed by atoms with Gasteiger partial charge in [0.25, 0.3) is 5.91 Å². The van der Waals surface area contributed by atoms with Crippen LogP contribution in [0.3, 0.4) is 0 Å². The third kappa shape index (κ3) is 4.19. The molecule has 0 N–H and O–H groups in total. The Labute approximate surface area is 164 Å². The normalized spacial score (nSPS) is 20.1. The van der Waals surface area contributed by atoms with Crippen molar-refractivity contribution < 1.29 is 13.9 Å². The van der Waals surface area contributed by atoms with Crippen LogP contribution in [0.5, 0.6) is 0 Å². The van der Waals surface area contributed by atoms with Crippen LogP contribution in [0.4, 0.5) is 4.39 Å². The van der Waals surface area contributed by atoms with Crippen LogP contribution < -0.4 is 0 Å². The molecule has 2 aliphatic heterocycles. The van der Waals surface area contributed by atoms with E-state index in [1.165, 1.54) is 6.33 Å². The molecule has 28 heavy (non-hydrogen) atoms. The highest BCUT2D eigenvalue weighted by Gasteiger charge is 2.38. The standard InChI is InChI=1S/C21H25FN4O2/c22-21(14-16-4-12-28-13-5-16)6-10-26(11-7-21)20(27)17-2-1-8-24-19(17)18-3-9-23-15-25-18/h1-3,8-9,15-16H,4-7,10-14H2. The van der Waals surface area contributed by atoms with Gasteiger partial charge in [-0.3, -0.25) is 9.78 Å². The predicted octanol–water partition coefficient (Wildman–Crippen LogP) is 3.30. The summed E-state index contributed by atoms with van der Waals surface area (Å²) < 4.78 is 20.7. The van der Waals surface area contributed by atoms with Crippen molar-refractivity contribution in [2.45, 2.75) is 37.8 Å². The number of pyridine rings is 1. The quantitative estimate of drug-likeness (QED) is 0.809. The summed E-state index contributed by atoms with van der Waals surface area (Å²) in [7, 11) is 0. The van der Waals surface area contributed by atoms with E-state index in [1.54, 1.807) is 35.5 Å². The fourth-order valence-corrected chi connectivity index (χ4v) is 4.17. The topological polar surface area (TPSA) is 68.2 Å². The lowest BCUT2D eigenvalue weighted by atomic mass is 9.81. The smallest absolute Gasteiger partial charge is 0.256 e. The fourth-order valence-electron chi connectivity index (χ4n) is 4.17. The fraction of sp³-hybridized carbons (Fsp3) is 0.524. The maximum absolute atomic E-state index is 15.3. The molecule has 0 aliphatic carbocycles. The molecule has 7 heteroatoms. The van der Waals surface area contributed by atoms with Gasteiger partial charge in [-0.15, -0.1) is 0 Å². The summed E-state index contributed by atoms with van der Waals surface area (Å²) in [6.45, 7) is 2.32. The van der Waals surface area contributed by atoms with Gasteiger partial charge in [0.2, 0.25) is 0 Å². The molecule has 2 aromatic rings. The molecule has 0 radical (unpaired) electrons. The minimum atomic E-state index is -1.18. The van der Waals surface area contributed by atoms with Gasteiger partial charge in [-0.05, 0) is 56.2 Å². The van der Waals surface area contributed by atoms with Gasteiger partial charge in [-0.25, -0.2) is 14.4 Å². The Hall–Kier alpha value is -2.41. The average molecular weight is 384 g/mol. The number of carbonyl (C=O) groups excluding carboxylic acids is 1. The monoisotopic (exact) mass is 384 g/mol. The molecule has 0 unspecified atom stereocenters. The Morgan fingerprint density at radius 2 is 1.96 bits per heavy atom. The lowest BCUT2D eigenvalue weighted by Crippen LogP contribution is -2.45. The second-order valence-electron chi connectivity index (χ2n) is 7.70. The van der Waals surface area contributed by atoms with Crippen molar-refractivity contribution in [2.75, 3.05) is 26.3 Å². The van der Waals surface area contributed by atoms with Crippen molar-refractivity contribution in [3.63, 3.8) is 0 Å². The highest BCUT2D eigenvalue weighted by Crippen LogP contribution is 2.36. The van der Waals surface area contributed by atoms with Crippen molar-refractivity contribution in [1.29, 1.82) is 0 Å². The average Bonchev–Trinajstić information content (AvgIpc) is 2.75. The molecular formula is C21H25FN4O2. The first-order valence-electron chi connectivity index (χ1n) is 9.92. The molecular weight excluding hydrogens is 359 g/mol. The Kier molecular flexibility index (Phi) is 5.62. The molecule has 4 heterocycles. The third-order valence-electron chi connectivity index (χ3n) is 5.80. The van der Waals surface area contributed by atoms with Crippen molar-refractivity contribution >= 4 is 5.91 Å². The first kappa shape index (κ1) is 18.9. The molecule has 0 bridgehead atoms. The number of likely N-dealkylation sites (tertiary alicyclic amines) is 1. The Bertz CT molecular complexity index is 803. The first-order valence-corrected chi connectivity index (χ1v) is 9.92. The second-order valence-corrected chi connectivity index (χ2v) is 7.70. The highest BCUT2D eigenvalue weighted by molar-refractivity contribution is 5.99. The van der Waals surface area contributed by atoms with E-state index in [4.69, 9.17) is 4.74 Å². The maximum atomic E-state index is 15.3. The SMILES string of the molecule is O=C(c1cccnc1-c1ccncn1)N1CCC(F)(CC2CCOCC2)CC1. The van der Waals surface area contributed by atoms with E-state index in [0.717, 1.165) is 26.1 Å². The van der Waals surface area contributed by atoms with Gasteiger partial charge in [0, 0.05) is 38.7 Å². The van der Waals surface area contributed by atoms with Crippen LogP contribution in [0, 0.1) is 5.92 Å². The van der Waals surface area contributed by atoms with Gasteiger partial charge in [0.1, 0.15) is 17.7 Å². The summed E-state index contributed by atoms with van der Waals surface area (Å²) in [4.78, 5) is 27.3. The lowest BCUT2D eigenvalue weighted by molar-refractivity contribution is 0.00647. The number of nitrogens with zero attached hydrogens (tertiary/aromatic N) is 4. The molecule has 2 saturated heterocycles. The van der Waals surface area contributed by atoms with E-state index in [1.807, 2.05) is 0 Å². The Balaban J connectivity index is 1.43. The lowest BCUT2D eigenvalue weighted by Gasteiger charge is -2.39. The van der Waals surface area contributed by atoms with Crippen LogP contribution in [0.15, 0.2) is 36.9 Å². The number of aromatic nitrogens is 3. The van der Waals surface area contributed by atoms with E-state index in [0.29, 0.717) is 55.2 Å². The minimum Gasteiger partial charge on any atom is -0.381 e. The van der Waals surface area contributed by atoms with E-state index in [9.17, 15) is 4.79 Å². The molecule has 148 valence electrons. The Morgan fingerprint density at radius 3 is 2.68 bits per heavy atom. The number of amides is 1. The van der Waals surface area contributed by atoms with E-state index in [-0.39, 0.29) is 5.91 Å². The summed E-state index contributed by atoms with van der Waals surface area (Å²) in [6.07, 6.45) is 7.94. The van der Waals surface area contributed by atoms with Crippen molar-refractivity contribution in [3.05, 3.63) is 42.5 Å². The van der Waals surface area contributed by atoms with Crippen LogP contribution in [0.25, 0.3) is 11.4 Å². The molecule has 2 aliphatic rings. The van der Waals surface area contributed by atoms with E-state index >= 15 is 4.39 Å². The molecule has 6 nitrogen and oxygen atoms in total. The summed E-state index contributed by atoms with van der Waals surface area (Å²) in [6, 6.07) is 5.23. The summed E-state index contributed by atoms with van der Waals surface area (Å²) in [5.41, 5.74) is 0.463. The summed E-state index contributed by atoms with van der Waals surface area (Å²) in [5, 5.41) is 0. The van der Waals surface area contributed by atoms with Crippen molar-refractivity contribution in [1.82, 2.24) is 19.9 Å². The number of halogens is 1. The second kappa shape index (κ2) is 8.31. The molecule has 0 saturated carbocycles. The number of carbonyl (C=O) groups is 1. The number of piperidine rings is 1. The predicted molar refractivity (Wildman–Crippen MR) is 102 cm³/mol. The molecule has 0 aromatic carbocycles. The van der Waals surface area contributed by atoms with Crippen LogP contribution in [0.1, 0.15) is 42.5 Å². The molecule has 0 atom stereocenters. The van der Waals surface area contributed by atoms with Crippen molar-refractivity contribution in [2.24, 2.45) is 5.92 Å². The summed E-state index contributed by atoms with van der Waals surface area (Å²) in [5.74, 6) is 0.276. The van der Waals surface area contributed by atoms with Gasteiger partial charge in [-0.1, -0.05) is 0 Å². The highest BCUT2D eigenvalue weighted by atomic mass is 19.1. The van der Waals surface area contributed by atoms with Gasteiger partial charge in [0.15, 0.2) is 0 Å². The summed E-state index contributed by atoms with van der Waals surface area (Å²) >= 11 is 0. The van der Waals surface area contributed by atoms with Gasteiger partial charge >= 0.3 is 0 Å². The van der Waals surface area contributed by atoms with Crippen LogP contribution >= 0.6 is 0 Å². The molecule has 1 amide bonds. The Morgan fingerprint density at radius 1 is 1.18 bits per heavy atom. The van der Waals surface area contributed by atoms with Crippen LogP contribution in [-0.2, 0) is 4.74 Å². The molecule has 2 aromatic heterocycles. The number of rotatable bonds is 4. The van der Waals surface area contributed by atoms with Gasteiger partial charge < -0.3 is 9.64 Å². The van der Waals surface area contributed by atoms with E-state index in [2.05, 4.69) is 15.0 Å². The number of hydrogen-bond donors (Lipinski definition) is 0. The van der Waals surface area contributed by atoms with Gasteiger partial charge in [-0.2, -0.15) is 0 Å². The zero-order valence-electron chi connectivity index (χ0n) is 15.9. The first-order chi connectivity index (χ1) is 13.6. The maximum Gasteiger partial charge on any atom is 0.256 e. The van der Waals surface area contributed by atoms with Crippen molar-refractivity contribution in [3.8, 4) is 11.4 Å². The molecule has 4 rings (SSSR count). The largest absolute Gasteiger partial charge is 0.381 e. The number of hydrogen-bond acceptors (Lipinski definition) is 5.